The highest BCUT2D eigenvalue weighted by Crippen LogP contribution is 2.52. The van der Waals surface area contributed by atoms with Crippen molar-refractivity contribution in [3.8, 4) is 0 Å². The van der Waals surface area contributed by atoms with Crippen LogP contribution >= 0.6 is 0 Å². The minimum Gasteiger partial charge on any atom is -0.459 e. The monoisotopic (exact) mass is 792 g/mol. The number of allylic oxidation sites excluding steroid dienone is 1. The Morgan fingerprint density at radius 3 is 2.14 bits per heavy atom. The summed E-state index contributed by atoms with van der Waals surface area (Å²) in [5.41, 5.74) is 4.10. The Bertz CT molecular complexity index is 2250. The van der Waals surface area contributed by atoms with Crippen LogP contribution in [0.5, 0.6) is 0 Å². The number of aliphatic hydroxyl groups excluding tert-OH is 1. The molecule has 9 nitrogen and oxygen atoms in total. The molecule has 4 atom stereocenters. The first-order chi connectivity index (χ1) is 28.1. The topological polar surface area (TPSA) is 122 Å². The number of anilines is 1. The highest BCUT2D eigenvalue weighted by molar-refractivity contribution is 6.99. The van der Waals surface area contributed by atoms with Crippen molar-refractivity contribution >= 4 is 55.0 Å². The molecule has 4 heterocycles. The summed E-state index contributed by atoms with van der Waals surface area (Å²) in [5.74, 6) is -1.10. The van der Waals surface area contributed by atoms with Gasteiger partial charge < -0.3 is 23.6 Å². The third-order valence-electron chi connectivity index (χ3n) is 12.0. The maximum absolute atomic E-state index is 14.5. The number of aromatic nitrogens is 1. The van der Waals surface area contributed by atoms with Gasteiger partial charge in [-0.2, -0.15) is 0 Å². The minimum absolute atomic E-state index is 0.191. The first-order valence-electron chi connectivity index (χ1n) is 20.1. The average molecular weight is 793 g/mol. The normalized spacial score (nSPS) is 21.4. The van der Waals surface area contributed by atoms with Crippen molar-refractivity contribution in [3.63, 3.8) is 0 Å². The number of aliphatic hydroxyl groups is 1. The summed E-state index contributed by atoms with van der Waals surface area (Å²) in [6.07, 6.45) is 4.59. The molecular weight excluding hydrogens is 743 g/mol. The summed E-state index contributed by atoms with van der Waals surface area (Å²) >= 11 is 0. The maximum atomic E-state index is 14.5. The zero-order valence-electron chi connectivity index (χ0n) is 33.2. The van der Waals surface area contributed by atoms with Gasteiger partial charge in [0.15, 0.2) is 0 Å². The van der Waals surface area contributed by atoms with Crippen LogP contribution < -0.4 is 15.3 Å². The summed E-state index contributed by atoms with van der Waals surface area (Å²) in [5, 5.41) is 23.1. The van der Waals surface area contributed by atoms with Gasteiger partial charge in [0.25, 0.3) is 8.32 Å². The number of amides is 2. The van der Waals surface area contributed by atoms with Crippen molar-refractivity contribution in [3.05, 3.63) is 156 Å². The lowest BCUT2D eigenvalue weighted by atomic mass is 9.58. The Morgan fingerprint density at radius 1 is 0.879 bits per heavy atom. The fraction of sp³-hybridized carbons (Fsp3) is 0.298. The number of rotatable bonds is 12. The van der Waals surface area contributed by atoms with E-state index >= 15 is 0 Å². The second-order valence-electron chi connectivity index (χ2n) is 16.5. The lowest BCUT2D eigenvalue weighted by Crippen LogP contribution is -2.66. The Balaban J connectivity index is 1.22. The van der Waals surface area contributed by atoms with Gasteiger partial charge in [-0.1, -0.05) is 106 Å². The number of hydrogen-bond donors (Lipinski definition) is 2. The standard InChI is InChI=1S/C47H49BN2O7Si/c1-47(2,3)58(37-17-9-5-10-18-37,38-19-11-6-12-20-38)55-31-33-28-39-44(46(53)50(45(39)52)34-15-7-4-8-16-34)40-29-48(54)57-42(43(33)40)25-22-32(41-21-13-14-26-49-41)27-35-23-24-36(30-51)56-35/h4-21,23-24,26-27,39-40,42,44,51,54H,22,25,28-31H2,1-3H3/b32-27-/t39-,40+,42-,44-/m1/s1. The number of carbonyl (C=O) groups is 2. The third-order valence-corrected chi connectivity index (χ3v) is 17.0. The number of carbonyl (C=O) groups excluding carboxylic acids is 2. The second kappa shape index (κ2) is 16.6. The molecule has 3 aromatic carbocycles. The molecule has 0 radical (unpaired) electrons. The Kier molecular flexibility index (Phi) is 11.3. The van der Waals surface area contributed by atoms with Crippen molar-refractivity contribution in [1.29, 1.82) is 0 Å². The molecule has 8 rings (SSSR count). The third kappa shape index (κ3) is 7.49. The van der Waals surface area contributed by atoms with Crippen LogP contribution in [0.1, 0.15) is 57.2 Å². The van der Waals surface area contributed by atoms with E-state index in [0.29, 0.717) is 36.5 Å². The zero-order valence-corrected chi connectivity index (χ0v) is 34.2. The van der Waals surface area contributed by atoms with E-state index in [1.165, 1.54) is 4.90 Å². The molecule has 2 fully saturated rings. The lowest BCUT2D eigenvalue weighted by molar-refractivity contribution is -0.122. The van der Waals surface area contributed by atoms with Crippen LogP contribution in [0, 0.1) is 17.8 Å². The number of benzene rings is 3. The van der Waals surface area contributed by atoms with Crippen LogP contribution in [0.4, 0.5) is 5.69 Å². The molecule has 0 unspecified atom stereocenters. The van der Waals surface area contributed by atoms with Gasteiger partial charge in [-0.15, -0.1) is 0 Å². The van der Waals surface area contributed by atoms with Crippen LogP contribution in [0.3, 0.4) is 0 Å². The molecule has 0 spiro atoms. The molecular formula is C47H49BN2O7Si. The van der Waals surface area contributed by atoms with Gasteiger partial charge in [0.1, 0.15) is 18.1 Å². The van der Waals surface area contributed by atoms with Crippen molar-refractivity contribution in [2.24, 2.45) is 17.8 Å². The summed E-state index contributed by atoms with van der Waals surface area (Å²) in [4.78, 5) is 34.9. The Labute approximate surface area is 341 Å². The fourth-order valence-corrected chi connectivity index (χ4v) is 14.1. The molecule has 0 saturated carbocycles. The largest absolute Gasteiger partial charge is 0.459 e. The quantitative estimate of drug-likeness (QED) is 0.0783. The van der Waals surface area contributed by atoms with Gasteiger partial charge in [-0.3, -0.25) is 19.5 Å². The van der Waals surface area contributed by atoms with E-state index in [1.807, 2.05) is 60.7 Å². The molecule has 2 aliphatic heterocycles. The van der Waals surface area contributed by atoms with Gasteiger partial charge >= 0.3 is 7.12 Å². The van der Waals surface area contributed by atoms with Gasteiger partial charge in [0.05, 0.1) is 35.9 Å². The van der Waals surface area contributed by atoms with Gasteiger partial charge in [-0.25, -0.2) is 0 Å². The van der Waals surface area contributed by atoms with Gasteiger partial charge in [-0.05, 0) is 106 Å². The number of nitrogens with zero attached hydrogens (tertiary/aromatic N) is 2. The van der Waals surface area contributed by atoms with E-state index in [2.05, 4.69) is 74.3 Å². The van der Waals surface area contributed by atoms with Crippen molar-refractivity contribution < 1.29 is 33.2 Å². The van der Waals surface area contributed by atoms with Crippen LogP contribution in [-0.4, -0.2) is 55.1 Å². The first kappa shape index (κ1) is 39.6. The smallest absolute Gasteiger partial charge is 0.455 e. The summed E-state index contributed by atoms with van der Waals surface area (Å²) in [6.45, 7) is 6.75. The van der Waals surface area contributed by atoms with Crippen molar-refractivity contribution in [2.45, 2.75) is 64.1 Å². The summed E-state index contributed by atoms with van der Waals surface area (Å²) in [7, 11) is -4.15. The van der Waals surface area contributed by atoms with Crippen LogP contribution in [0.25, 0.3) is 11.6 Å². The predicted octanol–water partition coefficient (Wildman–Crippen LogP) is 7.07. The summed E-state index contributed by atoms with van der Waals surface area (Å²) < 4.78 is 19.9. The van der Waals surface area contributed by atoms with Crippen LogP contribution in [0.15, 0.2) is 143 Å². The maximum Gasteiger partial charge on any atom is 0.455 e. The van der Waals surface area contributed by atoms with Gasteiger partial charge in [0.2, 0.25) is 11.8 Å². The first-order valence-corrected chi connectivity index (χ1v) is 22.0. The van der Waals surface area contributed by atoms with E-state index in [4.69, 9.17) is 13.5 Å². The van der Waals surface area contributed by atoms with Gasteiger partial charge in [0, 0.05) is 6.20 Å². The lowest BCUT2D eigenvalue weighted by Gasteiger charge is -2.46. The van der Waals surface area contributed by atoms with E-state index < -0.39 is 39.3 Å². The number of fused-ring (bicyclic) bond motifs is 3. The molecule has 0 bridgehead atoms. The van der Waals surface area contributed by atoms with E-state index in [1.54, 1.807) is 24.4 Å². The average Bonchev–Trinajstić information content (AvgIpc) is 3.80. The molecule has 58 heavy (non-hydrogen) atoms. The number of pyridine rings is 1. The minimum atomic E-state index is -3.01. The van der Waals surface area contributed by atoms with Crippen molar-refractivity contribution in [2.75, 3.05) is 11.5 Å². The Morgan fingerprint density at radius 2 is 1.53 bits per heavy atom. The van der Waals surface area contributed by atoms with Crippen LogP contribution in [-0.2, 0) is 25.3 Å². The molecule has 296 valence electrons. The number of furan rings is 1. The Hall–Kier alpha value is -5.17. The number of para-hydroxylation sites is 1. The summed E-state index contributed by atoms with van der Waals surface area (Å²) in [6, 6.07) is 39.4. The molecule has 5 aromatic rings. The molecule has 2 N–H and O–H groups in total. The molecule has 3 aliphatic rings. The van der Waals surface area contributed by atoms with E-state index in [9.17, 15) is 19.7 Å². The molecule has 2 aromatic heterocycles. The zero-order chi connectivity index (χ0) is 40.4. The second-order valence-corrected chi connectivity index (χ2v) is 20.8. The molecule has 1 aliphatic carbocycles. The van der Waals surface area contributed by atoms with E-state index in [0.717, 1.165) is 32.8 Å². The highest BCUT2D eigenvalue weighted by atomic mass is 28.4. The van der Waals surface area contributed by atoms with Crippen molar-refractivity contribution in [1.82, 2.24) is 4.98 Å². The molecule has 2 amide bonds. The highest BCUT2D eigenvalue weighted by Gasteiger charge is 2.58. The fourth-order valence-electron chi connectivity index (χ4n) is 9.53. The molecule has 11 heteroatoms. The number of hydrogen-bond acceptors (Lipinski definition) is 8. The van der Waals surface area contributed by atoms with Crippen LogP contribution in [0.2, 0.25) is 11.4 Å². The predicted molar refractivity (Wildman–Crippen MR) is 228 cm³/mol. The van der Waals surface area contributed by atoms with E-state index in [-0.39, 0.29) is 36.4 Å². The SMILES string of the molecule is CC(C)(C)[Si](OCC1=C2[C@@H](CC/C(=C/c3ccc(CO)o3)c3ccccn3)OB(O)C[C@@H]2[C@@H]2C(=O)N(c3ccccc3)C(=O)[C@@H]2C1)(c1ccccc1)c1ccccc1. The number of imide groups is 1. The molecule has 2 saturated heterocycles.